The lowest BCUT2D eigenvalue weighted by molar-refractivity contribution is 1.10. The molecule has 0 amide bonds. The zero-order chi connectivity index (χ0) is 7.56. The van der Waals surface area contributed by atoms with Crippen LogP contribution < -0.4 is 11.3 Å². The maximum absolute atomic E-state index is 5.48. The number of nitrogens with one attached hydrogen (secondary N) is 1. The van der Waals surface area contributed by atoms with Gasteiger partial charge < -0.3 is 5.43 Å². The molecule has 4 nitrogen and oxygen atoms in total. The standard InChI is InChI=1S/C5H7ClN4/c1-3-2-8-5(6)9-4(3)10-7/h2H,7H2,1H3,(H,8,9,10). The van der Waals surface area contributed by atoms with E-state index in [1.807, 2.05) is 6.92 Å². The molecule has 1 aromatic heterocycles. The molecule has 1 heterocycles. The van der Waals surface area contributed by atoms with E-state index in [-0.39, 0.29) is 5.28 Å². The summed E-state index contributed by atoms with van der Waals surface area (Å²) in [6.07, 6.45) is 1.60. The number of hydrogen-bond acceptors (Lipinski definition) is 4. The number of nitrogens with two attached hydrogens (primary N) is 1. The van der Waals surface area contributed by atoms with Gasteiger partial charge in [0.05, 0.1) is 0 Å². The van der Waals surface area contributed by atoms with Crippen LogP contribution >= 0.6 is 11.6 Å². The fraction of sp³-hybridized carbons (Fsp3) is 0.200. The third kappa shape index (κ3) is 1.34. The van der Waals surface area contributed by atoms with Crippen molar-refractivity contribution in [2.45, 2.75) is 6.92 Å². The molecule has 0 aliphatic carbocycles. The minimum atomic E-state index is 0.193. The van der Waals surface area contributed by atoms with Gasteiger partial charge in [-0.2, -0.15) is 4.98 Å². The number of hydrogen-bond donors (Lipinski definition) is 2. The minimum absolute atomic E-state index is 0.193. The lowest BCUT2D eigenvalue weighted by Crippen LogP contribution is -2.10. The van der Waals surface area contributed by atoms with Crippen LogP contribution in [-0.2, 0) is 0 Å². The molecule has 0 radical (unpaired) electrons. The van der Waals surface area contributed by atoms with Crippen molar-refractivity contribution < 1.29 is 0 Å². The molecule has 0 unspecified atom stereocenters. The summed E-state index contributed by atoms with van der Waals surface area (Å²) in [6, 6.07) is 0. The molecule has 0 aliphatic rings. The topological polar surface area (TPSA) is 63.8 Å². The number of aromatic nitrogens is 2. The summed E-state index contributed by atoms with van der Waals surface area (Å²) >= 11 is 5.48. The van der Waals surface area contributed by atoms with E-state index in [9.17, 15) is 0 Å². The van der Waals surface area contributed by atoms with Crippen LogP contribution in [0.15, 0.2) is 6.20 Å². The van der Waals surface area contributed by atoms with Crippen LogP contribution in [0.4, 0.5) is 5.82 Å². The van der Waals surface area contributed by atoms with Crippen LogP contribution in [0.5, 0.6) is 0 Å². The Hall–Kier alpha value is -0.870. The molecule has 54 valence electrons. The van der Waals surface area contributed by atoms with Crippen LogP contribution in [0, 0.1) is 6.92 Å². The third-order valence-corrected chi connectivity index (χ3v) is 1.26. The average molecular weight is 159 g/mol. The SMILES string of the molecule is Cc1cnc(Cl)nc1NN. The second-order valence-corrected chi connectivity index (χ2v) is 2.15. The van der Waals surface area contributed by atoms with Gasteiger partial charge in [0, 0.05) is 11.8 Å². The monoisotopic (exact) mass is 158 g/mol. The number of hydrazine groups is 1. The van der Waals surface area contributed by atoms with Crippen molar-refractivity contribution in [3.63, 3.8) is 0 Å². The molecular formula is C5H7ClN4. The van der Waals surface area contributed by atoms with E-state index in [2.05, 4.69) is 15.4 Å². The Bertz CT molecular complexity index is 237. The molecule has 10 heavy (non-hydrogen) atoms. The summed E-state index contributed by atoms with van der Waals surface area (Å²) in [5, 5.41) is 0.193. The highest BCUT2D eigenvalue weighted by Gasteiger charge is 1.97. The highest BCUT2D eigenvalue weighted by atomic mass is 35.5. The third-order valence-electron chi connectivity index (χ3n) is 1.08. The van der Waals surface area contributed by atoms with Crippen LogP contribution in [-0.4, -0.2) is 9.97 Å². The summed E-state index contributed by atoms with van der Waals surface area (Å²) in [5.41, 5.74) is 3.27. The molecule has 0 atom stereocenters. The fourth-order valence-electron chi connectivity index (χ4n) is 0.567. The van der Waals surface area contributed by atoms with Crippen molar-refractivity contribution in [3.05, 3.63) is 17.0 Å². The molecule has 0 bridgehead atoms. The first-order valence-electron chi connectivity index (χ1n) is 2.70. The Morgan fingerprint density at radius 3 is 2.90 bits per heavy atom. The maximum atomic E-state index is 5.48. The van der Waals surface area contributed by atoms with E-state index in [0.717, 1.165) is 5.56 Å². The molecular weight excluding hydrogens is 152 g/mol. The van der Waals surface area contributed by atoms with Gasteiger partial charge in [0.2, 0.25) is 5.28 Å². The summed E-state index contributed by atoms with van der Waals surface area (Å²) in [6.45, 7) is 1.84. The van der Waals surface area contributed by atoms with Crippen LogP contribution in [0.2, 0.25) is 5.28 Å². The Morgan fingerprint density at radius 1 is 1.70 bits per heavy atom. The molecule has 3 N–H and O–H groups in total. The Morgan fingerprint density at radius 2 is 2.40 bits per heavy atom. The number of aryl methyl sites for hydroxylation is 1. The van der Waals surface area contributed by atoms with Crippen molar-refractivity contribution in [2.24, 2.45) is 5.84 Å². The lowest BCUT2D eigenvalue weighted by Gasteiger charge is -2.00. The van der Waals surface area contributed by atoms with Crippen molar-refractivity contribution in [1.82, 2.24) is 9.97 Å². The zero-order valence-corrected chi connectivity index (χ0v) is 6.18. The predicted octanol–water partition coefficient (Wildman–Crippen LogP) is 0.724. The van der Waals surface area contributed by atoms with Gasteiger partial charge in [0.15, 0.2) is 0 Å². The van der Waals surface area contributed by atoms with Crippen LogP contribution in [0.25, 0.3) is 0 Å². The van der Waals surface area contributed by atoms with Gasteiger partial charge in [-0.1, -0.05) is 0 Å². The van der Waals surface area contributed by atoms with Crippen LogP contribution in [0.1, 0.15) is 5.56 Å². The van der Waals surface area contributed by atoms with Gasteiger partial charge in [0.25, 0.3) is 0 Å². The van der Waals surface area contributed by atoms with E-state index < -0.39 is 0 Å². The molecule has 0 aliphatic heterocycles. The molecule has 5 heteroatoms. The molecule has 0 saturated carbocycles. The Balaban J connectivity index is 3.09. The molecule has 0 aromatic carbocycles. The summed E-state index contributed by atoms with van der Waals surface area (Å²) < 4.78 is 0. The quantitative estimate of drug-likeness (QED) is 0.359. The van der Waals surface area contributed by atoms with E-state index in [4.69, 9.17) is 17.4 Å². The van der Waals surface area contributed by atoms with Gasteiger partial charge in [0.1, 0.15) is 5.82 Å². The molecule has 1 rings (SSSR count). The first kappa shape index (κ1) is 7.24. The molecule has 0 spiro atoms. The Kier molecular flexibility index (Phi) is 2.03. The number of anilines is 1. The highest BCUT2D eigenvalue weighted by Crippen LogP contribution is 2.10. The molecule has 0 saturated heterocycles. The summed E-state index contributed by atoms with van der Waals surface area (Å²) in [4.78, 5) is 7.56. The molecule has 0 fully saturated rings. The molecule has 1 aromatic rings. The van der Waals surface area contributed by atoms with Gasteiger partial charge >= 0.3 is 0 Å². The number of nitrogen functional groups attached to an aromatic ring is 1. The van der Waals surface area contributed by atoms with E-state index in [1.54, 1.807) is 6.20 Å². The smallest absolute Gasteiger partial charge is 0.224 e. The predicted molar refractivity (Wildman–Crippen MR) is 39.6 cm³/mol. The van der Waals surface area contributed by atoms with Gasteiger partial charge in [-0.3, -0.25) is 0 Å². The normalized spacial score (nSPS) is 9.50. The Labute approximate surface area is 63.4 Å². The minimum Gasteiger partial charge on any atom is -0.308 e. The summed E-state index contributed by atoms with van der Waals surface area (Å²) in [7, 11) is 0. The first-order chi connectivity index (χ1) is 4.74. The van der Waals surface area contributed by atoms with Gasteiger partial charge in [-0.15, -0.1) is 0 Å². The lowest BCUT2D eigenvalue weighted by atomic mass is 10.4. The average Bonchev–Trinajstić information content (AvgIpc) is 1.94. The van der Waals surface area contributed by atoms with E-state index in [1.165, 1.54) is 0 Å². The van der Waals surface area contributed by atoms with E-state index in [0.29, 0.717) is 5.82 Å². The number of halogens is 1. The van der Waals surface area contributed by atoms with Crippen LogP contribution in [0.3, 0.4) is 0 Å². The first-order valence-corrected chi connectivity index (χ1v) is 3.07. The largest absolute Gasteiger partial charge is 0.308 e. The van der Waals surface area contributed by atoms with E-state index >= 15 is 0 Å². The van der Waals surface area contributed by atoms with Crippen molar-refractivity contribution in [1.29, 1.82) is 0 Å². The number of rotatable bonds is 1. The van der Waals surface area contributed by atoms with Crippen molar-refractivity contribution in [2.75, 3.05) is 5.43 Å². The fourth-order valence-corrected chi connectivity index (χ4v) is 0.700. The second kappa shape index (κ2) is 2.81. The van der Waals surface area contributed by atoms with Gasteiger partial charge in [-0.25, -0.2) is 10.8 Å². The highest BCUT2D eigenvalue weighted by molar-refractivity contribution is 6.28. The van der Waals surface area contributed by atoms with Crippen molar-refractivity contribution in [3.8, 4) is 0 Å². The zero-order valence-electron chi connectivity index (χ0n) is 5.43. The van der Waals surface area contributed by atoms with Gasteiger partial charge in [-0.05, 0) is 18.5 Å². The number of nitrogens with zero attached hydrogens (tertiary/aromatic N) is 2. The second-order valence-electron chi connectivity index (χ2n) is 1.81. The summed E-state index contributed by atoms with van der Waals surface area (Å²) in [5.74, 6) is 5.68. The maximum Gasteiger partial charge on any atom is 0.224 e. The van der Waals surface area contributed by atoms with Crippen molar-refractivity contribution >= 4 is 17.4 Å².